The second kappa shape index (κ2) is 9.04. The molecule has 4 nitrogen and oxygen atoms in total. The summed E-state index contributed by atoms with van der Waals surface area (Å²) >= 11 is 0. The molecule has 0 amide bonds. The molecule has 156 valence electrons. The molecule has 0 radical (unpaired) electrons. The lowest BCUT2D eigenvalue weighted by Gasteiger charge is -2.27. The molecule has 1 heterocycles. The first-order valence-corrected chi connectivity index (χ1v) is 9.96. The van der Waals surface area contributed by atoms with E-state index in [0.717, 1.165) is 16.9 Å². The number of ether oxygens (including phenoxy) is 3. The van der Waals surface area contributed by atoms with Gasteiger partial charge in [0.2, 0.25) is 0 Å². The number of benzene rings is 2. The Hall–Kier alpha value is -3.27. The molecule has 0 fully saturated rings. The average molecular weight is 405 g/mol. The molecule has 4 heteroatoms. The van der Waals surface area contributed by atoms with Crippen LogP contribution in [0.15, 0.2) is 60.2 Å². The van der Waals surface area contributed by atoms with Gasteiger partial charge in [-0.1, -0.05) is 23.8 Å². The number of hydrogen-bond donors (Lipinski definition) is 0. The Morgan fingerprint density at radius 1 is 1.10 bits per heavy atom. The number of ketones is 1. The van der Waals surface area contributed by atoms with Gasteiger partial charge >= 0.3 is 0 Å². The maximum absolute atomic E-state index is 12.6. The van der Waals surface area contributed by atoms with Crippen molar-refractivity contribution in [3.8, 4) is 17.2 Å². The van der Waals surface area contributed by atoms with E-state index in [4.69, 9.17) is 14.2 Å². The van der Waals surface area contributed by atoms with Crippen LogP contribution >= 0.6 is 0 Å². The normalized spacial score (nSPS) is 14.0. The first-order chi connectivity index (χ1) is 14.3. The minimum Gasteiger partial charge on any atom is -0.493 e. The Balaban J connectivity index is 1.73. The van der Waals surface area contributed by atoms with Gasteiger partial charge in [0.1, 0.15) is 18.0 Å². The summed E-state index contributed by atoms with van der Waals surface area (Å²) in [5, 5.41) is 0. The van der Waals surface area contributed by atoms with Gasteiger partial charge in [-0.3, -0.25) is 4.79 Å². The molecule has 2 aromatic carbocycles. The predicted octanol–water partition coefficient (Wildman–Crippen LogP) is 6.12. The van der Waals surface area contributed by atoms with E-state index in [1.165, 1.54) is 5.57 Å². The third-order valence-electron chi connectivity index (χ3n) is 4.68. The van der Waals surface area contributed by atoms with Crippen molar-refractivity contribution >= 4 is 17.9 Å². The molecule has 0 saturated heterocycles. The first kappa shape index (κ1) is 21.4. The zero-order chi connectivity index (χ0) is 21.7. The third kappa shape index (κ3) is 5.41. The van der Waals surface area contributed by atoms with Crippen LogP contribution in [0.4, 0.5) is 0 Å². The van der Waals surface area contributed by atoms with Crippen molar-refractivity contribution in [1.29, 1.82) is 0 Å². The Bertz CT molecular complexity index is 1020. The largest absolute Gasteiger partial charge is 0.493 e. The van der Waals surface area contributed by atoms with E-state index in [2.05, 4.69) is 6.08 Å². The molecule has 0 unspecified atom stereocenters. The Morgan fingerprint density at radius 3 is 2.63 bits per heavy atom. The number of carbonyl (C=O) groups is 1. The van der Waals surface area contributed by atoms with Gasteiger partial charge in [-0.15, -0.1) is 0 Å². The van der Waals surface area contributed by atoms with Gasteiger partial charge in [0, 0.05) is 11.1 Å². The minimum atomic E-state index is -0.305. The highest BCUT2D eigenvalue weighted by Crippen LogP contribution is 2.32. The van der Waals surface area contributed by atoms with Crippen LogP contribution in [0.5, 0.6) is 17.2 Å². The molecule has 2 aromatic rings. The lowest BCUT2D eigenvalue weighted by Crippen LogP contribution is -2.27. The van der Waals surface area contributed by atoms with Gasteiger partial charge in [0.15, 0.2) is 17.3 Å². The summed E-state index contributed by atoms with van der Waals surface area (Å²) in [6.45, 7) is 8.53. The highest BCUT2D eigenvalue weighted by molar-refractivity contribution is 6.07. The van der Waals surface area contributed by atoms with E-state index in [1.54, 1.807) is 31.4 Å². The summed E-state index contributed by atoms with van der Waals surface area (Å²) in [5.74, 6) is 1.89. The fourth-order valence-corrected chi connectivity index (χ4v) is 3.01. The molecule has 0 atom stereocenters. The van der Waals surface area contributed by atoms with Crippen molar-refractivity contribution in [2.24, 2.45) is 0 Å². The van der Waals surface area contributed by atoms with Crippen molar-refractivity contribution in [2.45, 2.75) is 33.3 Å². The number of rotatable bonds is 7. The molecule has 1 aliphatic rings. The molecular weight excluding hydrogens is 376 g/mol. The molecule has 30 heavy (non-hydrogen) atoms. The van der Waals surface area contributed by atoms with Gasteiger partial charge in [0.05, 0.1) is 7.11 Å². The van der Waals surface area contributed by atoms with Gasteiger partial charge in [-0.05, 0) is 81.8 Å². The molecule has 0 aliphatic carbocycles. The van der Waals surface area contributed by atoms with Gasteiger partial charge in [0.25, 0.3) is 0 Å². The Morgan fingerprint density at radius 2 is 1.90 bits per heavy atom. The smallest absolute Gasteiger partial charge is 0.185 e. The van der Waals surface area contributed by atoms with Crippen LogP contribution in [0.1, 0.15) is 49.2 Å². The maximum atomic E-state index is 12.6. The van der Waals surface area contributed by atoms with Crippen LogP contribution in [0, 0.1) is 0 Å². The van der Waals surface area contributed by atoms with E-state index in [1.807, 2.05) is 64.1 Å². The van der Waals surface area contributed by atoms with Crippen molar-refractivity contribution in [2.75, 3.05) is 13.7 Å². The first-order valence-electron chi connectivity index (χ1n) is 9.96. The zero-order valence-electron chi connectivity index (χ0n) is 18.2. The van der Waals surface area contributed by atoms with Crippen molar-refractivity contribution in [1.82, 2.24) is 0 Å². The number of fused-ring (bicyclic) bond motifs is 1. The third-order valence-corrected chi connectivity index (χ3v) is 4.68. The van der Waals surface area contributed by atoms with E-state index < -0.39 is 0 Å². The summed E-state index contributed by atoms with van der Waals surface area (Å²) in [4.78, 5) is 12.6. The quantitative estimate of drug-likeness (QED) is 0.317. The monoisotopic (exact) mass is 404 g/mol. The van der Waals surface area contributed by atoms with Gasteiger partial charge in [-0.2, -0.15) is 0 Å². The highest BCUT2D eigenvalue weighted by Gasteiger charge is 2.21. The Kier molecular flexibility index (Phi) is 6.46. The highest BCUT2D eigenvalue weighted by atomic mass is 16.5. The summed E-state index contributed by atoms with van der Waals surface area (Å²) in [5.41, 5.74) is 3.35. The SMILES string of the molecule is COc1cc(C(=O)C=Cc2ccc3c(c2)C=CC(C)(C)O3)ccc1OCC=C(C)C. The van der Waals surface area contributed by atoms with Crippen molar-refractivity contribution < 1.29 is 19.0 Å². The fourth-order valence-electron chi connectivity index (χ4n) is 3.01. The molecule has 0 N–H and O–H groups in total. The van der Waals surface area contributed by atoms with E-state index >= 15 is 0 Å². The van der Waals surface area contributed by atoms with Crippen molar-refractivity contribution in [3.05, 3.63) is 76.9 Å². The Labute approximate surface area is 178 Å². The summed E-state index contributed by atoms with van der Waals surface area (Å²) in [6, 6.07) is 11.1. The zero-order valence-corrected chi connectivity index (χ0v) is 18.2. The van der Waals surface area contributed by atoms with E-state index in [9.17, 15) is 4.79 Å². The maximum Gasteiger partial charge on any atom is 0.185 e. The summed E-state index contributed by atoms with van der Waals surface area (Å²) in [7, 11) is 1.57. The van der Waals surface area contributed by atoms with Crippen LogP contribution < -0.4 is 14.2 Å². The molecular formula is C26H28O4. The van der Waals surface area contributed by atoms with Crippen molar-refractivity contribution in [3.63, 3.8) is 0 Å². The fraction of sp³-hybridized carbons (Fsp3) is 0.269. The minimum absolute atomic E-state index is 0.102. The second-order valence-electron chi connectivity index (χ2n) is 7.99. The average Bonchev–Trinajstić information content (AvgIpc) is 2.71. The van der Waals surface area contributed by atoms with Crippen LogP contribution in [-0.4, -0.2) is 25.1 Å². The topological polar surface area (TPSA) is 44.8 Å². The molecule has 0 aromatic heterocycles. The molecule has 1 aliphatic heterocycles. The number of allylic oxidation sites excluding steroid dienone is 2. The number of methoxy groups -OCH3 is 1. The molecule has 0 bridgehead atoms. The predicted molar refractivity (Wildman–Crippen MR) is 121 cm³/mol. The molecule has 3 rings (SSSR count). The molecule has 0 spiro atoms. The van der Waals surface area contributed by atoms with E-state index in [0.29, 0.717) is 23.7 Å². The number of hydrogen-bond acceptors (Lipinski definition) is 4. The number of carbonyl (C=O) groups excluding carboxylic acids is 1. The standard InChI is InChI=1S/C26H28O4/c1-18(2)13-15-29-24-11-8-20(17-25(24)28-5)22(27)9-6-19-7-10-23-21(16-19)12-14-26(3,4)30-23/h6-14,16-17H,15H2,1-5H3. The lowest BCUT2D eigenvalue weighted by molar-refractivity contribution is 0.104. The van der Waals surface area contributed by atoms with Crippen LogP contribution in [0.2, 0.25) is 0 Å². The van der Waals surface area contributed by atoms with Crippen LogP contribution in [-0.2, 0) is 0 Å². The molecule has 0 saturated carbocycles. The van der Waals surface area contributed by atoms with Gasteiger partial charge < -0.3 is 14.2 Å². The summed E-state index contributed by atoms with van der Waals surface area (Å²) in [6.07, 6.45) is 9.44. The van der Waals surface area contributed by atoms with E-state index in [-0.39, 0.29) is 11.4 Å². The van der Waals surface area contributed by atoms with Crippen LogP contribution in [0.25, 0.3) is 12.2 Å². The second-order valence-corrected chi connectivity index (χ2v) is 7.99. The van der Waals surface area contributed by atoms with Crippen LogP contribution in [0.3, 0.4) is 0 Å². The lowest BCUT2D eigenvalue weighted by atomic mass is 10.0. The van der Waals surface area contributed by atoms with Gasteiger partial charge in [-0.25, -0.2) is 0 Å². The summed E-state index contributed by atoms with van der Waals surface area (Å²) < 4.78 is 17.1.